The summed E-state index contributed by atoms with van der Waals surface area (Å²) < 4.78 is 1.81. The van der Waals surface area contributed by atoms with Crippen LogP contribution in [0.3, 0.4) is 0 Å². The van der Waals surface area contributed by atoms with Crippen molar-refractivity contribution in [2.75, 3.05) is 14.1 Å². The number of benzene rings is 1. The second kappa shape index (κ2) is 8.73. The SMILES string of the molecule is CCCC(c1cccc(-c2ccc3cnn(-c4cccc(CO)n4)c3c2)n1)N(C)C. The highest BCUT2D eigenvalue weighted by Crippen LogP contribution is 2.28. The van der Waals surface area contributed by atoms with Crippen molar-refractivity contribution >= 4 is 10.9 Å². The monoisotopic (exact) mass is 401 g/mol. The van der Waals surface area contributed by atoms with Crippen molar-refractivity contribution in [1.29, 1.82) is 0 Å². The minimum absolute atomic E-state index is 0.0974. The molecule has 0 amide bonds. The topological polar surface area (TPSA) is 67.1 Å². The molecule has 1 atom stereocenters. The van der Waals surface area contributed by atoms with Crippen LogP contribution < -0.4 is 0 Å². The molecule has 1 aromatic carbocycles. The highest BCUT2D eigenvalue weighted by atomic mass is 16.3. The fourth-order valence-corrected chi connectivity index (χ4v) is 3.78. The number of hydrogen-bond donors (Lipinski definition) is 1. The maximum Gasteiger partial charge on any atom is 0.154 e. The summed E-state index contributed by atoms with van der Waals surface area (Å²) in [5.74, 6) is 0.686. The summed E-state index contributed by atoms with van der Waals surface area (Å²) in [6.45, 7) is 2.11. The smallest absolute Gasteiger partial charge is 0.154 e. The lowest BCUT2D eigenvalue weighted by atomic mass is 10.0. The first-order valence-electron chi connectivity index (χ1n) is 10.3. The molecule has 0 fully saturated rings. The van der Waals surface area contributed by atoms with Crippen LogP contribution >= 0.6 is 0 Å². The van der Waals surface area contributed by atoms with Gasteiger partial charge in [0.15, 0.2) is 5.82 Å². The molecule has 30 heavy (non-hydrogen) atoms. The van der Waals surface area contributed by atoms with Crippen molar-refractivity contribution in [2.24, 2.45) is 0 Å². The van der Waals surface area contributed by atoms with E-state index >= 15 is 0 Å². The molecule has 1 unspecified atom stereocenters. The molecule has 0 saturated carbocycles. The van der Waals surface area contributed by atoms with Gasteiger partial charge in [-0.25, -0.2) is 9.67 Å². The van der Waals surface area contributed by atoms with Crippen molar-refractivity contribution in [3.63, 3.8) is 0 Å². The summed E-state index contributed by atoms with van der Waals surface area (Å²) in [5.41, 5.74) is 4.65. The van der Waals surface area contributed by atoms with Crippen LogP contribution in [0, 0.1) is 0 Å². The van der Waals surface area contributed by atoms with E-state index in [2.05, 4.69) is 72.4 Å². The van der Waals surface area contributed by atoms with E-state index in [1.807, 2.05) is 23.0 Å². The Hall–Kier alpha value is -3.09. The summed E-state index contributed by atoms with van der Waals surface area (Å²) in [7, 11) is 4.21. The highest BCUT2D eigenvalue weighted by molar-refractivity contribution is 5.84. The van der Waals surface area contributed by atoms with Gasteiger partial charge in [0.1, 0.15) is 0 Å². The molecule has 0 spiro atoms. The molecule has 6 nitrogen and oxygen atoms in total. The Kier molecular flexibility index (Phi) is 5.88. The number of rotatable bonds is 7. The first kappa shape index (κ1) is 20.2. The first-order valence-corrected chi connectivity index (χ1v) is 10.3. The van der Waals surface area contributed by atoms with Gasteiger partial charge in [0.2, 0.25) is 0 Å². The molecule has 0 aliphatic heterocycles. The van der Waals surface area contributed by atoms with Gasteiger partial charge in [0.05, 0.1) is 41.4 Å². The van der Waals surface area contributed by atoms with Crippen molar-refractivity contribution in [3.8, 4) is 17.1 Å². The molecular weight excluding hydrogens is 374 g/mol. The molecule has 3 heterocycles. The minimum atomic E-state index is -0.0974. The Morgan fingerprint density at radius 3 is 2.63 bits per heavy atom. The predicted molar refractivity (Wildman–Crippen MR) is 119 cm³/mol. The number of fused-ring (bicyclic) bond motifs is 1. The molecule has 154 valence electrons. The quantitative estimate of drug-likeness (QED) is 0.498. The van der Waals surface area contributed by atoms with Gasteiger partial charge in [-0.1, -0.05) is 37.6 Å². The van der Waals surface area contributed by atoms with Crippen LogP contribution in [0.1, 0.15) is 37.2 Å². The van der Waals surface area contributed by atoms with Gasteiger partial charge < -0.3 is 10.0 Å². The van der Waals surface area contributed by atoms with Gasteiger partial charge in [0.25, 0.3) is 0 Å². The number of hydrogen-bond acceptors (Lipinski definition) is 5. The van der Waals surface area contributed by atoms with Crippen molar-refractivity contribution < 1.29 is 5.11 Å². The molecule has 0 aliphatic rings. The third kappa shape index (κ3) is 3.97. The Labute approximate surface area is 176 Å². The van der Waals surface area contributed by atoms with Crippen molar-refractivity contribution in [3.05, 3.63) is 72.2 Å². The third-order valence-corrected chi connectivity index (χ3v) is 5.34. The zero-order valence-electron chi connectivity index (χ0n) is 17.7. The van der Waals surface area contributed by atoms with Gasteiger partial charge in [-0.05, 0) is 50.8 Å². The third-order valence-electron chi connectivity index (χ3n) is 5.34. The van der Waals surface area contributed by atoms with Crippen LogP contribution in [0.4, 0.5) is 0 Å². The average molecular weight is 402 g/mol. The minimum Gasteiger partial charge on any atom is -0.390 e. The van der Waals surface area contributed by atoms with E-state index in [0.29, 0.717) is 17.6 Å². The summed E-state index contributed by atoms with van der Waals surface area (Å²) in [5, 5.41) is 15.0. The van der Waals surface area contributed by atoms with E-state index in [-0.39, 0.29) is 6.61 Å². The lowest BCUT2D eigenvalue weighted by Crippen LogP contribution is -2.20. The van der Waals surface area contributed by atoms with Gasteiger partial charge >= 0.3 is 0 Å². The summed E-state index contributed by atoms with van der Waals surface area (Å²) in [4.78, 5) is 11.7. The maximum absolute atomic E-state index is 9.41. The lowest BCUT2D eigenvalue weighted by molar-refractivity contribution is 0.276. The van der Waals surface area contributed by atoms with Crippen molar-refractivity contribution in [2.45, 2.75) is 32.4 Å². The zero-order valence-corrected chi connectivity index (χ0v) is 17.7. The molecule has 4 aromatic rings. The number of aliphatic hydroxyl groups excluding tert-OH is 1. The van der Waals surface area contributed by atoms with Crippen LogP contribution in [0.15, 0.2) is 60.8 Å². The summed E-state index contributed by atoms with van der Waals surface area (Å²) >= 11 is 0. The van der Waals surface area contributed by atoms with Gasteiger partial charge in [-0.15, -0.1) is 0 Å². The van der Waals surface area contributed by atoms with E-state index in [4.69, 9.17) is 4.98 Å². The number of aliphatic hydroxyl groups is 1. The molecule has 1 N–H and O–H groups in total. The summed E-state index contributed by atoms with van der Waals surface area (Å²) in [6.07, 6.45) is 4.02. The number of aromatic nitrogens is 4. The predicted octanol–water partition coefficient (Wildman–Crippen LogP) is 4.38. The first-order chi connectivity index (χ1) is 14.6. The van der Waals surface area contributed by atoms with E-state index in [1.54, 1.807) is 6.07 Å². The van der Waals surface area contributed by atoms with Crippen LogP contribution in [-0.4, -0.2) is 43.9 Å². The molecule has 3 aromatic heterocycles. The van der Waals surface area contributed by atoms with Gasteiger partial charge in [0, 0.05) is 10.9 Å². The Balaban J connectivity index is 1.76. The molecule has 0 aliphatic carbocycles. The molecule has 0 saturated heterocycles. The van der Waals surface area contributed by atoms with Gasteiger partial charge in [-0.2, -0.15) is 5.10 Å². The second-order valence-electron chi connectivity index (χ2n) is 7.69. The van der Waals surface area contributed by atoms with E-state index in [0.717, 1.165) is 40.7 Å². The van der Waals surface area contributed by atoms with E-state index in [1.165, 1.54) is 0 Å². The Morgan fingerprint density at radius 1 is 1.03 bits per heavy atom. The van der Waals surface area contributed by atoms with Crippen LogP contribution in [0.5, 0.6) is 0 Å². The lowest BCUT2D eigenvalue weighted by Gasteiger charge is -2.23. The largest absolute Gasteiger partial charge is 0.390 e. The number of nitrogens with zero attached hydrogens (tertiary/aromatic N) is 5. The Bertz CT molecular complexity index is 1150. The summed E-state index contributed by atoms with van der Waals surface area (Å²) in [6, 6.07) is 18.4. The maximum atomic E-state index is 9.41. The standard InChI is InChI=1S/C24H27N5O/c1-4-7-22(28(2)3)21-10-6-9-20(27-21)17-12-13-18-15-25-29(23(18)14-17)24-11-5-8-19(16-30)26-24/h5-6,8-15,22,30H,4,7,16H2,1-3H3. The number of pyridine rings is 2. The van der Waals surface area contributed by atoms with E-state index < -0.39 is 0 Å². The second-order valence-corrected chi connectivity index (χ2v) is 7.69. The highest BCUT2D eigenvalue weighted by Gasteiger charge is 2.16. The van der Waals surface area contributed by atoms with Crippen molar-refractivity contribution in [1.82, 2.24) is 24.6 Å². The fraction of sp³-hybridized carbons (Fsp3) is 0.292. The molecule has 0 radical (unpaired) electrons. The fourth-order valence-electron chi connectivity index (χ4n) is 3.78. The molecule has 0 bridgehead atoms. The van der Waals surface area contributed by atoms with Crippen LogP contribution in [0.25, 0.3) is 28.0 Å². The van der Waals surface area contributed by atoms with Crippen LogP contribution in [0.2, 0.25) is 0 Å². The molecular formula is C24H27N5O. The van der Waals surface area contributed by atoms with Gasteiger partial charge in [-0.3, -0.25) is 4.98 Å². The van der Waals surface area contributed by atoms with Crippen LogP contribution in [-0.2, 0) is 6.61 Å². The van der Waals surface area contributed by atoms with E-state index in [9.17, 15) is 5.11 Å². The normalized spacial score (nSPS) is 12.6. The average Bonchev–Trinajstić information content (AvgIpc) is 3.20. The molecule has 6 heteroatoms. The zero-order chi connectivity index (χ0) is 21.1. The molecule has 4 rings (SSSR count). The Morgan fingerprint density at radius 2 is 1.87 bits per heavy atom.